The van der Waals surface area contributed by atoms with Crippen molar-refractivity contribution < 1.29 is 23.8 Å². The Labute approximate surface area is 100 Å². The Morgan fingerprint density at radius 2 is 2.18 bits per heavy atom. The minimum absolute atomic E-state index is 0.211. The Kier molecular flexibility index (Phi) is 3.93. The van der Waals surface area contributed by atoms with Crippen LogP contribution in [0.3, 0.4) is 0 Å². The number of rotatable bonds is 4. The number of ether oxygens (including phenoxy) is 3. The van der Waals surface area contributed by atoms with Crippen molar-refractivity contribution >= 4 is 12.1 Å². The molecule has 0 spiro atoms. The number of carbonyl (C=O) groups excluding carboxylic acids is 2. The van der Waals surface area contributed by atoms with Crippen molar-refractivity contribution in [3.05, 3.63) is 24.0 Å². The Morgan fingerprint density at radius 3 is 2.65 bits per heavy atom. The first-order chi connectivity index (χ1) is 7.83. The van der Waals surface area contributed by atoms with Gasteiger partial charge in [-0.1, -0.05) is 6.58 Å². The van der Waals surface area contributed by atoms with Gasteiger partial charge >= 0.3 is 12.1 Å². The van der Waals surface area contributed by atoms with Gasteiger partial charge in [0.1, 0.15) is 0 Å². The van der Waals surface area contributed by atoms with Gasteiger partial charge in [0.25, 0.3) is 0 Å². The lowest BCUT2D eigenvalue weighted by Crippen LogP contribution is -2.20. The van der Waals surface area contributed by atoms with E-state index in [4.69, 9.17) is 14.2 Å². The lowest BCUT2D eigenvalue weighted by Gasteiger charge is -2.13. The summed E-state index contributed by atoms with van der Waals surface area (Å²) in [5, 5.41) is 0. The zero-order valence-corrected chi connectivity index (χ0v) is 10.2. The number of hydrogen-bond acceptors (Lipinski definition) is 5. The van der Waals surface area contributed by atoms with Gasteiger partial charge in [-0.05, 0) is 26.8 Å². The molecule has 1 rings (SSSR count). The van der Waals surface area contributed by atoms with Crippen LogP contribution < -0.4 is 0 Å². The molecule has 0 unspecified atom stereocenters. The molecule has 0 aliphatic carbocycles. The van der Waals surface area contributed by atoms with Crippen LogP contribution >= 0.6 is 0 Å². The Balaban J connectivity index is 2.42. The van der Waals surface area contributed by atoms with Gasteiger partial charge in [-0.3, -0.25) is 0 Å². The molecule has 1 aliphatic heterocycles. The van der Waals surface area contributed by atoms with Crippen LogP contribution in [-0.4, -0.2) is 24.3 Å². The highest BCUT2D eigenvalue weighted by Gasteiger charge is 2.38. The minimum atomic E-state index is -0.755. The smallest absolute Gasteiger partial charge is 0.462 e. The molecule has 0 amide bonds. The monoisotopic (exact) mass is 240 g/mol. The molecule has 0 saturated carbocycles. The quantitative estimate of drug-likeness (QED) is 0.428. The molecular weight excluding hydrogens is 224 g/mol. The second-order valence-corrected chi connectivity index (χ2v) is 4.24. The van der Waals surface area contributed by atoms with Crippen molar-refractivity contribution in [2.45, 2.75) is 32.8 Å². The van der Waals surface area contributed by atoms with Crippen LogP contribution in [0.2, 0.25) is 0 Å². The third-order valence-corrected chi connectivity index (χ3v) is 2.15. The van der Waals surface area contributed by atoms with Crippen molar-refractivity contribution in [3.63, 3.8) is 0 Å². The Morgan fingerprint density at radius 1 is 1.53 bits per heavy atom. The highest BCUT2D eigenvalue weighted by atomic mass is 16.8. The maximum absolute atomic E-state index is 11.1. The summed E-state index contributed by atoms with van der Waals surface area (Å²) in [6.45, 7) is 8.71. The van der Waals surface area contributed by atoms with E-state index in [9.17, 15) is 9.59 Å². The Bertz CT molecular complexity index is 378. The molecule has 0 aromatic heterocycles. The molecule has 0 N–H and O–H groups in total. The molecule has 17 heavy (non-hydrogen) atoms. The third-order valence-electron chi connectivity index (χ3n) is 2.15. The summed E-state index contributed by atoms with van der Waals surface area (Å²) in [6.07, 6.45) is 1.42. The van der Waals surface area contributed by atoms with Gasteiger partial charge in [0, 0.05) is 12.0 Å². The zero-order valence-electron chi connectivity index (χ0n) is 10.2. The van der Waals surface area contributed by atoms with Gasteiger partial charge in [-0.25, -0.2) is 9.59 Å². The second kappa shape index (κ2) is 5.03. The van der Waals surface area contributed by atoms with Crippen LogP contribution in [0.5, 0.6) is 0 Å². The van der Waals surface area contributed by atoms with E-state index in [-0.39, 0.29) is 6.61 Å². The van der Waals surface area contributed by atoms with Crippen molar-refractivity contribution in [1.82, 2.24) is 0 Å². The lowest BCUT2D eigenvalue weighted by molar-refractivity contribution is -0.138. The summed E-state index contributed by atoms with van der Waals surface area (Å²) < 4.78 is 14.7. The van der Waals surface area contributed by atoms with Crippen molar-refractivity contribution in [2.24, 2.45) is 0 Å². The molecule has 1 heterocycles. The number of hydrogen-bond donors (Lipinski definition) is 0. The Hall–Kier alpha value is -1.78. The number of carbonyl (C=O) groups is 2. The molecule has 0 radical (unpaired) electrons. The molecular formula is C12H16O5. The molecule has 0 aromatic carbocycles. The van der Waals surface area contributed by atoms with E-state index < -0.39 is 17.7 Å². The first-order valence-corrected chi connectivity index (χ1v) is 5.27. The van der Waals surface area contributed by atoms with Crippen LogP contribution in [0, 0.1) is 0 Å². The summed E-state index contributed by atoms with van der Waals surface area (Å²) in [4.78, 5) is 22.0. The van der Waals surface area contributed by atoms with E-state index in [0.717, 1.165) is 0 Å². The van der Waals surface area contributed by atoms with E-state index in [0.29, 0.717) is 17.8 Å². The van der Waals surface area contributed by atoms with Crippen molar-refractivity contribution in [3.8, 4) is 0 Å². The van der Waals surface area contributed by atoms with Gasteiger partial charge < -0.3 is 14.2 Å². The summed E-state index contributed by atoms with van der Waals surface area (Å²) in [7, 11) is 0. The van der Waals surface area contributed by atoms with Gasteiger partial charge in [0.15, 0.2) is 11.4 Å². The zero-order chi connectivity index (χ0) is 13.1. The van der Waals surface area contributed by atoms with Gasteiger partial charge in [-0.2, -0.15) is 0 Å². The van der Waals surface area contributed by atoms with E-state index in [1.807, 2.05) is 0 Å². The number of esters is 1. The van der Waals surface area contributed by atoms with Gasteiger partial charge in [0.2, 0.25) is 0 Å². The average molecular weight is 240 g/mol. The third kappa shape index (κ3) is 3.62. The van der Waals surface area contributed by atoms with Crippen LogP contribution in [0.15, 0.2) is 24.0 Å². The van der Waals surface area contributed by atoms with E-state index in [1.165, 1.54) is 0 Å². The molecule has 0 atom stereocenters. The van der Waals surface area contributed by atoms with Crippen molar-refractivity contribution in [2.75, 3.05) is 6.61 Å². The largest absolute Gasteiger partial charge is 0.514 e. The predicted octanol–water partition coefficient (Wildman–Crippen LogP) is 2.33. The maximum Gasteiger partial charge on any atom is 0.514 e. The molecule has 0 bridgehead atoms. The number of cyclic esters (lactones) is 2. The van der Waals surface area contributed by atoms with Crippen LogP contribution in [0.1, 0.15) is 27.2 Å². The van der Waals surface area contributed by atoms with Crippen molar-refractivity contribution in [1.29, 1.82) is 0 Å². The summed E-state index contributed by atoms with van der Waals surface area (Å²) in [6, 6.07) is 0. The summed E-state index contributed by atoms with van der Waals surface area (Å²) in [5.74, 6) is 0.0104. The molecule has 1 saturated heterocycles. The van der Waals surface area contributed by atoms with E-state index >= 15 is 0 Å². The first-order valence-electron chi connectivity index (χ1n) is 5.27. The normalized spacial score (nSPS) is 19.7. The van der Waals surface area contributed by atoms with Crippen LogP contribution in [0.4, 0.5) is 4.79 Å². The fraction of sp³-hybridized carbons (Fsp3) is 0.500. The fourth-order valence-corrected chi connectivity index (χ4v) is 1.24. The SMILES string of the molecule is C=C(C)C(=O)OCC/C=C1\OC(=O)OC1(C)C. The average Bonchev–Trinajstić information content (AvgIpc) is 2.45. The lowest BCUT2D eigenvalue weighted by atomic mass is 10.1. The predicted molar refractivity (Wildman–Crippen MR) is 60.1 cm³/mol. The van der Waals surface area contributed by atoms with Crippen LogP contribution in [-0.2, 0) is 19.0 Å². The maximum atomic E-state index is 11.1. The second-order valence-electron chi connectivity index (χ2n) is 4.24. The van der Waals surface area contributed by atoms with Gasteiger partial charge in [-0.15, -0.1) is 0 Å². The summed E-state index contributed by atoms with van der Waals surface area (Å²) in [5.41, 5.74) is -0.399. The summed E-state index contributed by atoms with van der Waals surface area (Å²) >= 11 is 0. The molecule has 1 fully saturated rings. The molecule has 5 heteroatoms. The minimum Gasteiger partial charge on any atom is -0.462 e. The first kappa shape index (κ1) is 13.3. The highest BCUT2D eigenvalue weighted by molar-refractivity contribution is 5.86. The molecule has 1 aliphatic rings. The fourth-order valence-electron chi connectivity index (χ4n) is 1.24. The van der Waals surface area contributed by atoms with Gasteiger partial charge in [0.05, 0.1) is 6.61 Å². The van der Waals surface area contributed by atoms with E-state index in [2.05, 4.69) is 6.58 Å². The van der Waals surface area contributed by atoms with E-state index in [1.54, 1.807) is 26.8 Å². The molecule has 0 aromatic rings. The molecule has 94 valence electrons. The highest BCUT2D eigenvalue weighted by Crippen LogP contribution is 2.29. The molecule has 5 nitrogen and oxygen atoms in total. The topological polar surface area (TPSA) is 61.8 Å². The standard InChI is InChI=1S/C12H16O5/c1-8(2)10(13)15-7-5-6-9-12(3,4)17-11(14)16-9/h6H,1,5,7H2,2-4H3/b9-6-. The van der Waals surface area contributed by atoms with Crippen LogP contribution in [0.25, 0.3) is 0 Å².